The number of hydrogen-bond donors (Lipinski definition) is 2. The van der Waals surface area contributed by atoms with Crippen LogP contribution in [0, 0.1) is 6.92 Å². The maximum Gasteiger partial charge on any atom is 0.279 e. The maximum atomic E-state index is 12.3. The summed E-state index contributed by atoms with van der Waals surface area (Å²) in [6, 6.07) is 10.4. The molecule has 0 bridgehead atoms. The first-order valence-electron chi connectivity index (χ1n) is 9.19. The molecule has 0 aliphatic carbocycles. The number of amides is 2. The summed E-state index contributed by atoms with van der Waals surface area (Å²) < 4.78 is 17.2. The molecule has 156 valence electrons. The Morgan fingerprint density at radius 1 is 1.07 bits per heavy atom. The van der Waals surface area contributed by atoms with E-state index in [1.54, 1.807) is 31.2 Å². The van der Waals surface area contributed by atoms with Crippen LogP contribution in [0.2, 0.25) is 0 Å². The highest BCUT2D eigenvalue weighted by Gasteiger charge is 2.18. The zero-order valence-electron chi connectivity index (χ0n) is 16.9. The highest BCUT2D eigenvalue weighted by molar-refractivity contribution is 9.10. The molecule has 7 nitrogen and oxygen atoms in total. The first kappa shape index (κ1) is 22.5. The zero-order chi connectivity index (χ0) is 21.4. The number of rotatable bonds is 8. The zero-order valence-corrected chi connectivity index (χ0v) is 18.5. The van der Waals surface area contributed by atoms with Crippen LogP contribution < -0.4 is 25.1 Å². The lowest BCUT2D eigenvalue weighted by Gasteiger charge is -2.16. The molecule has 0 aliphatic rings. The van der Waals surface area contributed by atoms with E-state index in [4.69, 9.17) is 14.2 Å². The van der Waals surface area contributed by atoms with Crippen molar-refractivity contribution in [2.45, 2.75) is 33.3 Å². The molecule has 29 heavy (non-hydrogen) atoms. The Hall–Kier alpha value is -2.74. The number of halogens is 1. The van der Waals surface area contributed by atoms with E-state index in [2.05, 4.69) is 26.8 Å². The third-order valence-corrected chi connectivity index (χ3v) is 4.57. The molecule has 2 aromatic rings. The predicted octanol–water partition coefficient (Wildman–Crippen LogP) is 3.78. The maximum absolute atomic E-state index is 12.3. The van der Waals surface area contributed by atoms with Crippen molar-refractivity contribution in [2.75, 3.05) is 13.7 Å². The van der Waals surface area contributed by atoms with E-state index < -0.39 is 17.9 Å². The van der Waals surface area contributed by atoms with E-state index in [1.165, 1.54) is 7.11 Å². The molecule has 2 aromatic carbocycles. The van der Waals surface area contributed by atoms with Gasteiger partial charge in [-0.15, -0.1) is 0 Å². The molecule has 0 saturated heterocycles. The molecule has 0 fully saturated rings. The number of ether oxygens (including phenoxy) is 3. The third kappa shape index (κ3) is 6.39. The predicted molar refractivity (Wildman–Crippen MR) is 113 cm³/mol. The van der Waals surface area contributed by atoms with Crippen molar-refractivity contribution < 1.29 is 23.8 Å². The van der Waals surface area contributed by atoms with Crippen molar-refractivity contribution in [1.82, 2.24) is 10.9 Å². The lowest BCUT2D eigenvalue weighted by Crippen LogP contribution is -2.47. The number of aryl methyl sites for hydroxylation is 1. The van der Waals surface area contributed by atoms with E-state index in [-0.39, 0.29) is 0 Å². The summed E-state index contributed by atoms with van der Waals surface area (Å²) >= 11 is 3.40. The van der Waals surface area contributed by atoms with Crippen molar-refractivity contribution in [2.24, 2.45) is 0 Å². The van der Waals surface area contributed by atoms with Crippen LogP contribution in [-0.2, 0) is 4.79 Å². The van der Waals surface area contributed by atoms with Gasteiger partial charge in [0.2, 0.25) is 0 Å². The minimum atomic E-state index is -0.811. The number of hydrogen-bond acceptors (Lipinski definition) is 5. The van der Waals surface area contributed by atoms with Gasteiger partial charge in [-0.2, -0.15) is 0 Å². The molecule has 0 aliphatic heterocycles. The summed E-state index contributed by atoms with van der Waals surface area (Å²) in [5, 5.41) is 0. The number of hydrazine groups is 1. The van der Waals surface area contributed by atoms with Crippen molar-refractivity contribution in [1.29, 1.82) is 0 Å². The number of methoxy groups -OCH3 is 1. The normalized spacial score (nSPS) is 11.3. The van der Waals surface area contributed by atoms with E-state index in [0.717, 1.165) is 16.5 Å². The molecule has 1 unspecified atom stereocenters. The molecule has 1 atom stereocenters. The van der Waals surface area contributed by atoms with Crippen LogP contribution in [0.4, 0.5) is 0 Å². The quantitative estimate of drug-likeness (QED) is 0.580. The van der Waals surface area contributed by atoms with Gasteiger partial charge in [-0.25, -0.2) is 0 Å². The van der Waals surface area contributed by atoms with Gasteiger partial charge in [0.25, 0.3) is 11.8 Å². The van der Waals surface area contributed by atoms with Crippen molar-refractivity contribution in [3.63, 3.8) is 0 Å². The Bertz CT molecular complexity index is 872. The SMILES string of the molecule is CCCOc1ccc(C(=O)NNC(=O)C(C)Oc2ccc(C)cc2Br)cc1OC. The first-order valence-corrected chi connectivity index (χ1v) is 9.98. The van der Waals surface area contributed by atoms with Crippen LogP contribution in [0.3, 0.4) is 0 Å². The van der Waals surface area contributed by atoms with Gasteiger partial charge in [-0.3, -0.25) is 20.4 Å². The largest absolute Gasteiger partial charge is 0.493 e. The second-order valence-electron chi connectivity index (χ2n) is 6.35. The Balaban J connectivity index is 1.94. The van der Waals surface area contributed by atoms with Gasteiger partial charge in [0.15, 0.2) is 17.6 Å². The van der Waals surface area contributed by atoms with Gasteiger partial charge in [0.1, 0.15) is 5.75 Å². The average Bonchev–Trinajstić information content (AvgIpc) is 2.71. The van der Waals surface area contributed by atoms with Gasteiger partial charge in [0, 0.05) is 5.56 Å². The molecule has 2 rings (SSSR count). The third-order valence-electron chi connectivity index (χ3n) is 3.95. The van der Waals surface area contributed by atoms with E-state index in [9.17, 15) is 9.59 Å². The van der Waals surface area contributed by atoms with Gasteiger partial charge in [-0.05, 0) is 72.1 Å². The average molecular weight is 465 g/mol. The number of benzene rings is 2. The summed E-state index contributed by atoms with van der Waals surface area (Å²) in [7, 11) is 1.50. The second-order valence-corrected chi connectivity index (χ2v) is 7.21. The first-order chi connectivity index (χ1) is 13.8. The Labute approximate surface area is 178 Å². The number of nitrogens with one attached hydrogen (secondary N) is 2. The molecule has 0 heterocycles. The summed E-state index contributed by atoms with van der Waals surface area (Å²) in [5.41, 5.74) is 6.13. The molecule has 0 saturated carbocycles. The fraction of sp³-hybridized carbons (Fsp3) is 0.333. The van der Waals surface area contributed by atoms with Gasteiger partial charge in [0.05, 0.1) is 18.2 Å². The van der Waals surface area contributed by atoms with Crippen LogP contribution in [0.25, 0.3) is 0 Å². The Kier molecular flexibility index (Phi) is 8.33. The number of carbonyl (C=O) groups is 2. The van der Waals surface area contributed by atoms with Gasteiger partial charge >= 0.3 is 0 Å². The Morgan fingerprint density at radius 2 is 1.79 bits per heavy atom. The minimum absolute atomic E-state index is 0.320. The Morgan fingerprint density at radius 3 is 2.45 bits per heavy atom. The fourth-order valence-corrected chi connectivity index (χ4v) is 2.96. The summed E-state index contributed by atoms with van der Waals surface area (Å²) in [4.78, 5) is 24.6. The molecule has 0 aromatic heterocycles. The molecule has 8 heteroatoms. The van der Waals surface area contributed by atoms with Crippen molar-refractivity contribution in [3.8, 4) is 17.2 Å². The number of carbonyl (C=O) groups excluding carboxylic acids is 2. The summed E-state index contributed by atoms with van der Waals surface area (Å²) in [5.74, 6) is 0.569. The van der Waals surface area contributed by atoms with Crippen LogP contribution in [0.1, 0.15) is 36.2 Å². The smallest absolute Gasteiger partial charge is 0.279 e. The molecular weight excluding hydrogens is 440 g/mol. The van der Waals surface area contributed by atoms with E-state index in [1.807, 2.05) is 26.0 Å². The summed E-state index contributed by atoms with van der Waals surface area (Å²) in [6.45, 7) is 6.10. The molecular formula is C21H25BrN2O5. The lowest BCUT2D eigenvalue weighted by molar-refractivity contribution is -0.128. The van der Waals surface area contributed by atoms with Crippen LogP contribution >= 0.6 is 15.9 Å². The minimum Gasteiger partial charge on any atom is -0.493 e. The lowest BCUT2D eigenvalue weighted by atomic mass is 10.2. The molecule has 2 N–H and O–H groups in total. The van der Waals surface area contributed by atoms with Crippen molar-refractivity contribution >= 4 is 27.7 Å². The highest BCUT2D eigenvalue weighted by Crippen LogP contribution is 2.28. The van der Waals surface area contributed by atoms with Crippen LogP contribution in [0.5, 0.6) is 17.2 Å². The van der Waals surface area contributed by atoms with Gasteiger partial charge < -0.3 is 14.2 Å². The molecule has 0 radical (unpaired) electrons. The van der Waals surface area contributed by atoms with Crippen LogP contribution in [-0.4, -0.2) is 31.6 Å². The second kappa shape index (κ2) is 10.7. The summed E-state index contributed by atoms with van der Waals surface area (Å²) in [6.07, 6.45) is 0.0466. The topological polar surface area (TPSA) is 85.9 Å². The van der Waals surface area contributed by atoms with E-state index in [0.29, 0.717) is 29.4 Å². The monoisotopic (exact) mass is 464 g/mol. The van der Waals surface area contributed by atoms with Crippen LogP contribution in [0.15, 0.2) is 40.9 Å². The van der Waals surface area contributed by atoms with Gasteiger partial charge in [-0.1, -0.05) is 13.0 Å². The van der Waals surface area contributed by atoms with E-state index >= 15 is 0 Å². The molecule has 0 spiro atoms. The van der Waals surface area contributed by atoms with Crippen molar-refractivity contribution in [3.05, 3.63) is 52.0 Å². The highest BCUT2D eigenvalue weighted by atomic mass is 79.9. The standard InChI is InChI=1S/C21H25BrN2O5/c1-5-10-28-18-9-7-15(12-19(18)27-4)21(26)24-23-20(25)14(3)29-17-8-6-13(2)11-16(17)22/h6-9,11-12,14H,5,10H2,1-4H3,(H,23,25)(H,24,26). The molecule has 2 amide bonds. The fourth-order valence-electron chi connectivity index (χ4n) is 2.38.